The van der Waals surface area contributed by atoms with E-state index < -0.39 is 8.32 Å². The maximum Gasteiger partial charge on any atom is 0.192 e. The molecule has 3 aliphatic rings. The summed E-state index contributed by atoms with van der Waals surface area (Å²) in [6.07, 6.45) is 3.15. The van der Waals surface area contributed by atoms with Crippen LogP contribution in [0.4, 0.5) is 0 Å². The van der Waals surface area contributed by atoms with Crippen molar-refractivity contribution in [3.8, 4) is 11.3 Å². The molecule has 2 aliphatic heterocycles. The molecule has 7 heteroatoms. The Balaban J connectivity index is 1.14. The van der Waals surface area contributed by atoms with E-state index in [-0.39, 0.29) is 35.4 Å². The van der Waals surface area contributed by atoms with E-state index in [9.17, 15) is 5.11 Å². The van der Waals surface area contributed by atoms with Crippen molar-refractivity contribution in [2.45, 2.75) is 81.9 Å². The second kappa shape index (κ2) is 9.02. The molecule has 0 spiro atoms. The van der Waals surface area contributed by atoms with Crippen molar-refractivity contribution in [3.63, 3.8) is 0 Å². The number of aliphatic hydroxyl groups excluding tert-OH is 1. The van der Waals surface area contributed by atoms with Crippen LogP contribution in [0.5, 0.6) is 0 Å². The van der Waals surface area contributed by atoms with Gasteiger partial charge in [-0.3, -0.25) is 0 Å². The molecular weight excluding hydrogens is 480 g/mol. The molecule has 4 heterocycles. The zero-order valence-corrected chi connectivity index (χ0v) is 23.7. The molecule has 37 heavy (non-hydrogen) atoms. The van der Waals surface area contributed by atoms with Crippen LogP contribution in [-0.2, 0) is 25.7 Å². The average molecular weight is 521 g/mol. The van der Waals surface area contributed by atoms with Crippen molar-refractivity contribution < 1.29 is 19.0 Å². The van der Waals surface area contributed by atoms with Gasteiger partial charge in [-0.25, -0.2) is 4.98 Å². The fourth-order valence-electron chi connectivity index (χ4n) is 5.68. The summed E-state index contributed by atoms with van der Waals surface area (Å²) in [7, 11) is -1.88. The molecule has 4 atom stereocenters. The molecule has 6 rings (SSSR count). The highest BCUT2D eigenvalue weighted by Crippen LogP contribution is 2.48. The largest absolute Gasteiger partial charge is 0.409 e. The maximum atomic E-state index is 9.72. The molecule has 0 radical (unpaired) electrons. The third-order valence-electron chi connectivity index (χ3n) is 9.32. The minimum Gasteiger partial charge on any atom is -0.409 e. The van der Waals surface area contributed by atoms with Crippen LogP contribution in [0, 0.1) is 5.92 Å². The van der Waals surface area contributed by atoms with Crippen LogP contribution in [-0.4, -0.2) is 61.5 Å². The number of nitrogens with zero attached hydrogens (tertiary/aromatic N) is 1. The maximum absolute atomic E-state index is 9.72. The third kappa shape index (κ3) is 4.59. The van der Waals surface area contributed by atoms with E-state index >= 15 is 0 Å². The number of aliphatic hydroxyl groups is 1. The van der Waals surface area contributed by atoms with Gasteiger partial charge in [-0.2, -0.15) is 0 Å². The number of nitrogens with one attached hydrogen (secondary N) is 1. The van der Waals surface area contributed by atoms with Crippen molar-refractivity contribution >= 4 is 19.4 Å². The SMILES string of the molecule is CC(C)(C)[Si](C)(C)O[C@@H]1CO[C@@H]2C(Cc3cc4nc(-c5ccc(C6(CO)CC6)cc5)ccc4[nH]3)CO[C@@H]21. The predicted molar refractivity (Wildman–Crippen MR) is 148 cm³/mol. The molecule has 198 valence electrons. The summed E-state index contributed by atoms with van der Waals surface area (Å²) >= 11 is 0. The Morgan fingerprint density at radius 1 is 1.05 bits per heavy atom. The number of pyridine rings is 1. The van der Waals surface area contributed by atoms with Crippen LogP contribution in [0.2, 0.25) is 18.1 Å². The Kier molecular flexibility index (Phi) is 6.16. The molecule has 1 saturated carbocycles. The number of ether oxygens (including phenoxy) is 2. The second-order valence-electron chi connectivity index (χ2n) is 12.9. The Bertz CT molecular complexity index is 1270. The normalized spacial score (nSPS) is 27.1. The van der Waals surface area contributed by atoms with E-state index in [1.54, 1.807) is 0 Å². The van der Waals surface area contributed by atoms with Crippen molar-refractivity contribution in [2.24, 2.45) is 5.92 Å². The summed E-state index contributed by atoms with van der Waals surface area (Å²) in [5, 5.41) is 9.89. The topological polar surface area (TPSA) is 76.6 Å². The van der Waals surface area contributed by atoms with Crippen molar-refractivity contribution in [1.82, 2.24) is 9.97 Å². The van der Waals surface area contributed by atoms with E-state index in [1.165, 1.54) is 11.3 Å². The minimum atomic E-state index is -1.88. The molecular formula is C30H40N2O4Si. The van der Waals surface area contributed by atoms with Crippen LogP contribution in [0.3, 0.4) is 0 Å². The van der Waals surface area contributed by atoms with Crippen LogP contribution in [0.1, 0.15) is 44.9 Å². The summed E-state index contributed by atoms with van der Waals surface area (Å²) in [5.74, 6) is 0.305. The van der Waals surface area contributed by atoms with Gasteiger partial charge >= 0.3 is 0 Å². The molecule has 1 aromatic carbocycles. The van der Waals surface area contributed by atoms with Gasteiger partial charge in [-0.15, -0.1) is 0 Å². The van der Waals surface area contributed by atoms with Crippen LogP contribution < -0.4 is 0 Å². The molecule has 1 aliphatic carbocycles. The zero-order chi connectivity index (χ0) is 26.0. The van der Waals surface area contributed by atoms with Gasteiger partial charge in [0.2, 0.25) is 0 Å². The highest BCUT2D eigenvalue weighted by molar-refractivity contribution is 6.74. The molecule has 3 aromatic rings. The molecule has 6 nitrogen and oxygen atoms in total. The van der Waals surface area contributed by atoms with Crippen LogP contribution >= 0.6 is 0 Å². The number of hydrogen-bond donors (Lipinski definition) is 2. The minimum absolute atomic E-state index is 0.00563. The molecule has 2 N–H and O–H groups in total. The lowest BCUT2D eigenvalue weighted by Gasteiger charge is -2.39. The van der Waals surface area contributed by atoms with Gasteiger partial charge in [-0.1, -0.05) is 45.0 Å². The van der Waals surface area contributed by atoms with Gasteiger partial charge in [0.05, 0.1) is 48.8 Å². The average Bonchev–Trinajstić information content (AvgIpc) is 3.18. The Labute approximate surface area is 220 Å². The predicted octanol–water partition coefficient (Wildman–Crippen LogP) is 5.60. The number of hydrogen-bond acceptors (Lipinski definition) is 5. The molecule has 2 aromatic heterocycles. The number of benzene rings is 1. The number of rotatable bonds is 7. The Morgan fingerprint density at radius 3 is 2.46 bits per heavy atom. The first-order valence-electron chi connectivity index (χ1n) is 13.7. The van der Waals surface area contributed by atoms with E-state index in [0.717, 1.165) is 41.6 Å². The van der Waals surface area contributed by atoms with Gasteiger partial charge in [0.25, 0.3) is 0 Å². The summed E-state index contributed by atoms with van der Waals surface area (Å²) in [4.78, 5) is 8.52. The molecule has 2 saturated heterocycles. The Morgan fingerprint density at radius 2 is 1.78 bits per heavy atom. The zero-order valence-electron chi connectivity index (χ0n) is 22.7. The first kappa shape index (κ1) is 25.3. The molecule has 0 bridgehead atoms. The number of fused-ring (bicyclic) bond motifs is 2. The monoisotopic (exact) mass is 520 g/mol. The fraction of sp³-hybridized carbons (Fsp3) is 0.567. The van der Waals surface area contributed by atoms with E-state index in [4.69, 9.17) is 18.9 Å². The number of aromatic nitrogens is 2. The first-order chi connectivity index (χ1) is 17.6. The standard InChI is InChI=1S/C30H40N2O4Si/c1-29(2,3)37(4,5)36-26-17-35-27-20(16-34-28(26)27)14-22-15-25-24(31-22)11-10-23(32-25)19-6-8-21(9-7-19)30(18-33)12-13-30/h6-11,15,20,26-28,31,33H,12-14,16-18H2,1-5H3/t20?,26-,27-,28-/m1/s1. The smallest absolute Gasteiger partial charge is 0.192 e. The van der Waals surface area contributed by atoms with Gasteiger partial charge in [0, 0.05) is 22.6 Å². The summed E-state index contributed by atoms with van der Waals surface area (Å²) < 4.78 is 19.2. The summed E-state index contributed by atoms with van der Waals surface area (Å²) in [6, 6.07) is 14.9. The van der Waals surface area contributed by atoms with Crippen LogP contribution in [0.15, 0.2) is 42.5 Å². The van der Waals surface area contributed by atoms with Gasteiger partial charge in [-0.05, 0) is 61.2 Å². The fourth-order valence-corrected chi connectivity index (χ4v) is 6.99. The molecule has 1 unspecified atom stereocenters. The summed E-state index contributed by atoms with van der Waals surface area (Å²) in [6.45, 7) is 13.0. The van der Waals surface area contributed by atoms with Gasteiger partial charge in [0.15, 0.2) is 8.32 Å². The van der Waals surface area contributed by atoms with Crippen molar-refractivity contribution in [1.29, 1.82) is 0 Å². The van der Waals surface area contributed by atoms with E-state index in [0.29, 0.717) is 19.1 Å². The van der Waals surface area contributed by atoms with Gasteiger partial charge < -0.3 is 24.0 Å². The summed E-state index contributed by atoms with van der Waals surface area (Å²) in [5.41, 5.74) is 6.48. The quantitative estimate of drug-likeness (QED) is 0.397. The highest BCUT2D eigenvalue weighted by Gasteiger charge is 2.51. The lowest BCUT2D eigenvalue weighted by atomic mass is 9.95. The Hall–Kier alpha value is -2.03. The van der Waals surface area contributed by atoms with Crippen molar-refractivity contribution in [2.75, 3.05) is 19.8 Å². The third-order valence-corrected chi connectivity index (χ3v) is 13.8. The van der Waals surface area contributed by atoms with E-state index in [2.05, 4.69) is 81.3 Å². The lowest BCUT2D eigenvalue weighted by Crippen LogP contribution is -2.47. The lowest BCUT2D eigenvalue weighted by molar-refractivity contribution is 0.0230. The van der Waals surface area contributed by atoms with E-state index in [1.807, 2.05) is 0 Å². The number of aromatic amines is 1. The molecule has 3 fully saturated rings. The second-order valence-corrected chi connectivity index (χ2v) is 17.7. The number of H-pyrrole nitrogens is 1. The van der Waals surface area contributed by atoms with Gasteiger partial charge in [0.1, 0.15) is 6.10 Å². The first-order valence-corrected chi connectivity index (χ1v) is 16.6. The van der Waals surface area contributed by atoms with Crippen molar-refractivity contribution in [3.05, 3.63) is 53.7 Å². The molecule has 0 amide bonds. The highest BCUT2D eigenvalue weighted by atomic mass is 28.4. The van der Waals surface area contributed by atoms with Crippen LogP contribution in [0.25, 0.3) is 22.3 Å².